The van der Waals surface area contributed by atoms with Crippen LogP contribution < -0.4 is 5.32 Å². The second-order valence-electron chi connectivity index (χ2n) is 5.07. The Morgan fingerprint density at radius 1 is 1.33 bits per heavy atom. The molecule has 1 N–H and O–H groups in total. The molecule has 1 aliphatic heterocycles. The van der Waals surface area contributed by atoms with Gasteiger partial charge in [0.2, 0.25) is 0 Å². The minimum atomic E-state index is 0.307. The number of hydrogen-bond donors (Lipinski definition) is 1. The van der Waals surface area contributed by atoms with E-state index in [0.29, 0.717) is 11.3 Å². The Morgan fingerprint density at radius 2 is 2.00 bits per heavy atom. The van der Waals surface area contributed by atoms with Crippen LogP contribution in [0.15, 0.2) is 0 Å². The zero-order valence-corrected chi connectivity index (χ0v) is 10.3. The lowest BCUT2D eigenvalue weighted by atomic mass is 9.81. The molecule has 1 rings (SSSR count). The molecule has 0 atom stereocenters. The predicted octanol–water partition coefficient (Wildman–Crippen LogP) is 1.68. The Balaban J connectivity index is 2.34. The summed E-state index contributed by atoms with van der Waals surface area (Å²) in [4.78, 5) is 0. The molecule has 3 heteroatoms. The first-order chi connectivity index (χ1) is 7.18. The molecule has 1 fully saturated rings. The molecule has 1 heterocycles. The second-order valence-corrected chi connectivity index (χ2v) is 5.07. The van der Waals surface area contributed by atoms with Crippen LogP contribution in [0.5, 0.6) is 0 Å². The summed E-state index contributed by atoms with van der Waals surface area (Å²) >= 11 is 0. The van der Waals surface area contributed by atoms with Crippen LogP contribution in [-0.2, 0) is 9.47 Å². The number of nitrogens with one attached hydrogen (secondary N) is 1. The average molecular weight is 215 g/mol. The lowest BCUT2D eigenvalue weighted by Crippen LogP contribution is -2.43. The summed E-state index contributed by atoms with van der Waals surface area (Å²) < 4.78 is 10.8. The number of hydrogen-bond acceptors (Lipinski definition) is 3. The summed E-state index contributed by atoms with van der Waals surface area (Å²) in [7, 11) is 1.79. The zero-order chi connectivity index (χ0) is 11.1. The first-order valence-electron chi connectivity index (χ1n) is 5.96. The van der Waals surface area contributed by atoms with Crippen LogP contribution >= 0.6 is 0 Å². The maximum absolute atomic E-state index is 5.42. The standard InChI is InChI=1S/C12H25NO2/c1-11(2)8-13-9-12(10-14-3)4-6-15-7-5-12/h11,13H,4-10H2,1-3H3. The van der Waals surface area contributed by atoms with Crippen LogP contribution in [-0.4, -0.2) is 40.0 Å². The van der Waals surface area contributed by atoms with Gasteiger partial charge in [-0.05, 0) is 25.3 Å². The average Bonchev–Trinajstić information content (AvgIpc) is 2.19. The smallest absolute Gasteiger partial charge is 0.0532 e. The van der Waals surface area contributed by atoms with E-state index >= 15 is 0 Å². The van der Waals surface area contributed by atoms with Crippen LogP contribution in [0.25, 0.3) is 0 Å². The Kier molecular flexibility index (Phi) is 5.58. The van der Waals surface area contributed by atoms with E-state index in [1.807, 2.05) is 0 Å². The Morgan fingerprint density at radius 3 is 2.53 bits per heavy atom. The third-order valence-corrected chi connectivity index (χ3v) is 3.06. The molecule has 0 aromatic rings. The van der Waals surface area contributed by atoms with Crippen LogP contribution in [0.4, 0.5) is 0 Å². The van der Waals surface area contributed by atoms with E-state index in [1.165, 1.54) is 0 Å². The summed E-state index contributed by atoms with van der Waals surface area (Å²) in [6.07, 6.45) is 2.23. The first-order valence-corrected chi connectivity index (χ1v) is 5.96. The minimum Gasteiger partial charge on any atom is -0.384 e. The summed E-state index contributed by atoms with van der Waals surface area (Å²) in [5, 5.41) is 3.54. The molecule has 0 aliphatic carbocycles. The topological polar surface area (TPSA) is 30.5 Å². The molecule has 0 amide bonds. The van der Waals surface area contributed by atoms with Crippen LogP contribution in [0, 0.1) is 11.3 Å². The van der Waals surface area contributed by atoms with Gasteiger partial charge in [-0.3, -0.25) is 0 Å². The van der Waals surface area contributed by atoms with Gasteiger partial charge in [-0.25, -0.2) is 0 Å². The first kappa shape index (κ1) is 12.9. The third kappa shape index (κ3) is 4.49. The fraction of sp³-hybridized carbons (Fsp3) is 1.00. The van der Waals surface area contributed by atoms with Crippen molar-refractivity contribution in [3.05, 3.63) is 0 Å². The van der Waals surface area contributed by atoms with E-state index < -0.39 is 0 Å². The van der Waals surface area contributed by atoms with Crippen molar-refractivity contribution in [2.75, 3.05) is 40.0 Å². The van der Waals surface area contributed by atoms with Gasteiger partial charge >= 0.3 is 0 Å². The van der Waals surface area contributed by atoms with Gasteiger partial charge in [-0.1, -0.05) is 13.8 Å². The summed E-state index contributed by atoms with van der Waals surface area (Å²) in [6, 6.07) is 0. The summed E-state index contributed by atoms with van der Waals surface area (Å²) in [5.74, 6) is 0.712. The van der Waals surface area contributed by atoms with Crippen molar-refractivity contribution in [2.24, 2.45) is 11.3 Å². The highest BCUT2D eigenvalue weighted by molar-refractivity contribution is 4.84. The fourth-order valence-electron chi connectivity index (χ4n) is 2.11. The second kappa shape index (κ2) is 6.46. The molecule has 1 aliphatic rings. The Bertz CT molecular complexity index is 159. The molecular weight excluding hydrogens is 190 g/mol. The van der Waals surface area contributed by atoms with E-state index in [-0.39, 0.29) is 0 Å². The third-order valence-electron chi connectivity index (χ3n) is 3.06. The molecule has 3 nitrogen and oxygen atoms in total. The number of ether oxygens (including phenoxy) is 2. The van der Waals surface area contributed by atoms with Gasteiger partial charge in [0.25, 0.3) is 0 Å². The van der Waals surface area contributed by atoms with Gasteiger partial charge in [0.1, 0.15) is 0 Å². The lowest BCUT2D eigenvalue weighted by Gasteiger charge is -2.37. The quantitative estimate of drug-likeness (QED) is 0.731. The van der Waals surface area contributed by atoms with Crippen molar-refractivity contribution in [3.8, 4) is 0 Å². The minimum absolute atomic E-state index is 0.307. The van der Waals surface area contributed by atoms with Gasteiger partial charge in [-0.2, -0.15) is 0 Å². The Labute approximate surface area is 93.5 Å². The predicted molar refractivity (Wildman–Crippen MR) is 62.1 cm³/mol. The molecular formula is C12H25NO2. The molecule has 0 radical (unpaired) electrons. The summed E-state index contributed by atoms with van der Waals surface area (Å²) in [6.45, 7) is 9.23. The highest BCUT2D eigenvalue weighted by atomic mass is 16.5. The number of methoxy groups -OCH3 is 1. The molecule has 0 aromatic carbocycles. The van der Waals surface area contributed by atoms with Gasteiger partial charge in [0.05, 0.1) is 6.61 Å². The van der Waals surface area contributed by atoms with Crippen molar-refractivity contribution < 1.29 is 9.47 Å². The van der Waals surface area contributed by atoms with Gasteiger partial charge in [-0.15, -0.1) is 0 Å². The normalized spacial score (nSPS) is 20.8. The highest BCUT2D eigenvalue weighted by Gasteiger charge is 2.32. The molecule has 0 saturated carbocycles. The van der Waals surface area contributed by atoms with Crippen molar-refractivity contribution >= 4 is 0 Å². The van der Waals surface area contributed by atoms with Crippen molar-refractivity contribution in [1.82, 2.24) is 5.32 Å². The van der Waals surface area contributed by atoms with Crippen LogP contribution in [0.2, 0.25) is 0 Å². The molecule has 90 valence electrons. The van der Waals surface area contributed by atoms with E-state index in [1.54, 1.807) is 7.11 Å². The van der Waals surface area contributed by atoms with Gasteiger partial charge < -0.3 is 14.8 Å². The van der Waals surface area contributed by atoms with E-state index in [2.05, 4.69) is 19.2 Å². The molecule has 0 aromatic heterocycles. The van der Waals surface area contributed by atoms with E-state index in [9.17, 15) is 0 Å². The molecule has 0 unspecified atom stereocenters. The van der Waals surface area contributed by atoms with Crippen molar-refractivity contribution in [1.29, 1.82) is 0 Å². The van der Waals surface area contributed by atoms with Crippen LogP contribution in [0.3, 0.4) is 0 Å². The molecule has 1 saturated heterocycles. The lowest BCUT2D eigenvalue weighted by molar-refractivity contribution is -0.0269. The zero-order valence-electron chi connectivity index (χ0n) is 10.3. The van der Waals surface area contributed by atoms with Crippen molar-refractivity contribution in [2.45, 2.75) is 26.7 Å². The maximum atomic E-state index is 5.42. The largest absolute Gasteiger partial charge is 0.384 e. The molecule has 15 heavy (non-hydrogen) atoms. The number of rotatable bonds is 6. The Hall–Kier alpha value is -0.120. The molecule has 0 bridgehead atoms. The van der Waals surface area contributed by atoms with Crippen LogP contribution in [0.1, 0.15) is 26.7 Å². The van der Waals surface area contributed by atoms with E-state index in [0.717, 1.165) is 45.8 Å². The monoisotopic (exact) mass is 215 g/mol. The van der Waals surface area contributed by atoms with E-state index in [4.69, 9.17) is 9.47 Å². The fourth-order valence-corrected chi connectivity index (χ4v) is 2.11. The molecule has 0 spiro atoms. The summed E-state index contributed by atoms with van der Waals surface area (Å²) in [5.41, 5.74) is 0.307. The van der Waals surface area contributed by atoms with Crippen molar-refractivity contribution in [3.63, 3.8) is 0 Å². The van der Waals surface area contributed by atoms with Gasteiger partial charge in [0, 0.05) is 32.3 Å². The highest BCUT2D eigenvalue weighted by Crippen LogP contribution is 2.29. The maximum Gasteiger partial charge on any atom is 0.0532 e. The SMILES string of the molecule is COCC1(CNCC(C)C)CCOCC1. The van der Waals surface area contributed by atoms with Gasteiger partial charge in [0.15, 0.2) is 0 Å².